The van der Waals surface area contributed by atoms with Gasteiger partial charge in [0, 0.05) is 7.05 Å². The van der Waals surface area contributed by atoms with E-state index in [9.17, 15) is 0 Å². The molecule has 0 aromatic heterocycles. The number of nitrogens with one attached hydrogen (secondary N) is 1. The van der Waals surface area contributed by atoms with Crippen LogP contribution in [0.1, 0.15) is 0 Å². The van der Waals surface area contributed by atoms with Gasteiger partial charge < -0.3 is 4.89 Å². The van der Waals surface area contributed by atoms with Crippen LogP contribution in [-0.4, -0.2) is 7.05 Å². The van der Waals surface area contributed by atoms with Crippen LogP contribution in [0.25, 0.3) is 0 Å². The summed E-state index contributed by atoms with van der Waals surface area (Å²) in [7, 11) is 1.63. The maximum absolute atomic E-state index is 4.74. The minimum Gasteiger partial charge on any atom is -0.319 e. The summed E-state index contributed by atoms with van der Waals surface area (Å²) in [5.74, 6) is 0.678. The molecule has 0 radical (unpaired) electrons. The maximum Gasteiger partial charge on any atom is 0.167 e. The second-order valence-electron chi connectivity index (χ2n) is 1.68. The zero-order valence-corrected chi connectivity index (χ0v) is 5.70. The fraction of sp³-hybridized carbons (Fsp3) is 0.143. The van der Waals surface area contributed by atoms with Gasteiger partial charge in [0.05, 0.1) is 0 Å². The lowest BCUT2D eigenvalue weighted by Gasteiger charge is -1.99. The van der Waals surface area contributed by atoms with Gasteiger partial charge in [0.2, 0.25) is 0 Å². The van der Waals surface area contributed by atoms with Crippen molar-refractivity contribution < 1.29 is 9.88 Å². The molecule has 0 fully saturated rings. The van der Waals surface area contributed by atoms with Crippen molar-refractivity contribution in [3.8, 4) is 5.75 Å². The van der Waals surface area contributed by atoms with Gasteiger partial charge in [0.15, 0.2) is 5.75 Å². The number of hydrogen-bond acceptors (Lipinski definition) is 3. The molecular formula is C7H9NO2. The van der Waals surface area contributed by atoms with E-state index >= 15 is 0 Å². The standard InChI is InChI=1S/C7H9NO2/c1-8-10-9-7-5-3-2-4-6-7/h2-6,8H,1H3. The predicted molar refractivity (Wildman–Crippen MR) is 37.2 cm³/mol. The lowest BCUT2D eigenvalue weighted by atomic mass is 10.3. The normalized spacial score (nSPS) is 9.30. The highest BCUT2D eigenvalue weighted by molar-refractivity contribution is 5.19. The van der Waals surface area contributed by atoms with E-state index in [1.807, 2.05) is 18.2 Å². The Morgan fingerprint density at radius 3 is 2.50 bits per heavy atom. The lowest BCUT2D eigenvalue weighted by molar-refractivity contribution is -0.251. The van der Waals surface area contributed by atoms with E-state index in [0.29, 0.717) is 5.75 Å². The highest BCUT2D eigenvalue weighted by atomic mass is 17.3. The summed E-state index contributed by atoms with van der Waals surface area (Å²) >= 11 is 0. The number of hydrogen-bond donors (Lipinski definition) is 1. The Balaban J connectivity index is 2.43. The van der Waals surface area contributed by atoms with E-state index in [2.05, 4.69) is 10.5 Å². The molecule has 0 amide bonds. The third-order valence-electron chi connectivity index (χ3n) is 0.964. The van der Waals surface area contributed by atoms with Crippen LogP contribution >= 0.6 is 0 Å². The average Bonchev–Trinajstić information content (AvgIpc) is 2.03. The quantitative estimate of drug-likeness (QED) is 0.503. The fourth-order valence-electron chi connectivity index (χ4n) is 0.566. The van der Waals surface area contributed by atoms with E-state index < -0.39 is 0 Å². The van der Waals surface area contributed by atoms with Gasteiger partial charge >= 0.3 is 0 Å². The van der Waals surface area contributed by atoms with Gasteiger partial charge in [0.1, 0.15) is 0 Å². The molecule has 0 atom stereocenters. The third-order valence-corrected chi connectivity index (χ3v) is 0.964. The molecule has 0 unspecified atom stereocenters. The van der Waals surface area contributed by atoms with Gasteiger partial charge in [-0.05, 0) is 12.1 Å². The van der Waals surface area contributed by atoms with Crippen molar-refractivity contribution in [3.63, 3.8) is 0 Å². The Kier molecular flexibility index (Phi) is 2.73. The summed E-state index contributed by atoms with van der Waals surface area (Å²) in [5, 5.41) is 0. The lowest BCUT2D eigenvalue weighted by Crippen LogP contribution is -2.10. The molecule has 0 aliphatic rings. The topological polar surface area (TPSA) is 30.5 Å². The zero-order chi connectivity index (χ0) is 7.23. The Labute approximate surface area is 59.5 Å². The Bertz CT molecular complexity index is 176. The molecule has 10 heavy (non-hydrogen) atoms. The highest BCUT2D eigenvalue weighted by Gasteiger charge is 1.87. The molecule has 0 saturated heterocycles. The van der Waals surface area contributed by atoms with Crippen molar-refractivity contribution >= 4 is 0 Å². The summed E-state index contributed by atoms with van der Waals surface area (Å²) in [6.07, 6.45) is 0. The van der Waals surface area contributed by atoms with E-state index in [-0.39, 0.29) is 0 Å². The van der Waals surface area contributed by atoms with Crippen LogP contribution < -0.4 is 10.4 Å². The van der Waals surface area contributed by atoms with Crippen molar-refractivity contribution in [3.05, 3.63) is 30.3 Å². The predicted octanol–water partition coefficient (Wildman–Crippen LogP) is 1.13. The van der Waals surface area contributed by atoms with Crippen molar-refractivity contribution in [1.29, 1.82) is 0 Å². The molecular weight excluding hydrogens is 130 g/mol. The summed E-state index contributed by atoms with van der Waals surface area (Å²) < 4.78 is 0. The van der Waals surface area contributed by atoms with Crippen LogP contribution in [0, 0.1) is 0 Å². The largest absolute Gasteiger partial charge is 0.319 e. The van der Waals surface area contributed by atoms with Crippen LogP contribution in [0.5, 0.6) is 5.75 Å². The Morgan fingerprint density at radius 2 is 1.90 bits per heavy atom. The Hall–Kier alpha value is -1.06. The van der Waals surface area contributed by atoms with Crippen LogP contribution in [0.3, 0.4) is 0 Å². The first-order valence-corrected chi connectivity index (χ1v) is 2.99. The van der Waals surface area contributed by atoms with E-state index in [1.165, 1.54) is 0 Å². The molecule has 1 rings (SSSR count). The molecule has 0 heterocycles. The smallest absolute Gasteiger partial charge is 0.167 e. The first-order valence-electron chi connectivity index (χ1n) is 2.99. The van der Waals surface area contributed by atoms with Gasteiger partial charge in [-0.3, -0.25) is 0 Å². The highest BCUT2D eigenvalue weighted by Crippen LogP contribution is 2.07. The average molecular weight is 139 g/mol. The minimum absolute atomic E-state index is 0.678. The van der Waals surface area contributed by atoms with E-state index in [4.69, 9.17) is 4.89 Å². The van der Waals surface area contributed by atoms with Crippen LogP contribution in [0.4, 0.5) is 0 Å². The third kappa shape index (κ3) is 2.05. The number of hydroxylamine groups is 1. The van der Waals surface area contributed by atoms with Crippen molar-refractivity contribution in [2.24, 2.45) is 0 Å². The van der Waals surface area contributed by atoms with Gasteiger partial charge in [0.25, 0.3) is 0 Å². The van der Waals surface area contributed by atoms with Crippen molar-refractivity contribution in [2.45, 2.75) is 0 Å². The summed E-state index contributed by atoms with van der Waals surface area (Å²) in [4.78, 5) is 9.21. The fourth-order valence-corrected chi connectivity index (χ4v) is 0.566. The van der Waals surface area contributed by atoms with Crippen molar-refractivity contribution in [2.75, 3.05) is 7.05 Å². The molecule has 0 aliphatic heterocycles. The van der Waals surface area contributed by atoms with Gasteiger partial charge in [-0.25, -0.2) is 0 Å². The molecule has 0 saturated carbocycles. The molecule has 0 spiro atoms. The molecule has 0 bridgehead atoms. The summed E-state index contributed by atoms with van der Waals surface area (Å²) in [6.45, 7) is 0. The number of rotatable bonds is 3. The molecule has 1 aromatic carbocycles. The molecule has 1 aromatic rings. The van der Waals surface area contributed by atoms with Crippen LogP contribution in [0.2, 0.25) is 0 Å². The molecule has 1 N–H and O–H groups in total. The first kappa shape index (κ1) is 7.05. The van der Waals surface area contributed by atoms with Crippen molar-refractivity contribution in [1.82, 2.24) is 5.48 Å². The van der Waals surface area contributed by atoms with E-state index in [0.717, 1.165) is 0 Å². The van der Waals surface area contributed by atoms with Crippen LogP contribution in [0.15, 0.2) is 30.3 Å². The van der Waals surface area contributed by atoms with Gasteiger partial charge in [-0.2, -0.15) is 5.48 Å². The molecule has 3 nitrogen and oxygen atoms in total. The second-order valence-corrected chi connectivity index (χ2v) is 1.68. The van der Waals surface area contributed by atoms with Crippen LogP contribution in [-0.2, 0) is 4.99 Å². The number of benzene rings is 1. The summed E-state index contributed by atoms with van der Waals surface area (Å²) in [6, 6.07) is 9.25. The maximum atomic E-state index is 4.74. The molecule has 54 valence electrons. The summed E-state index contributed by atoms with van der Waals surface area (Å²) in [5.41, 5.74) is 2.39. The van der Waals surface area contributed by atoms with Gasteiger partial charge in [-0.1, -0.05) is 23.2 Å². The monoisotopic (exact) mass is 139 g/mol. The molecule has 0 aliphatic carbocycles. The van der Waals surface area contributed by atoms with Gasteiger partial charge in [-0.15, -0.1) is 0 Å². The van der Waals surface area contributed by atoms with E-state index in [1.54, 1.807) is 19.2 Å². The zero-order valence-electron chi connectivity index (χ0n) is 5.70. The number of para-hydroxylation sites is 1. The second kappa shape index (κ2) is 3.87. The molecule has 3 heteroatoms. The Morgan fingerprint density at radius 1 is 1.20 bits per heavy atom. The SMILES string of the molecule is CNOOc1ccccc1. The first-order chi connectivity index (χ1) is 4.93. The minimum atomic E-state index is 0.678.